The number of fused-ring (bicyclic) bond motifs is 1. The standard InChI is InChI=1S/C19H17FN4O4/c1-24(10-16(25)21-13-8-6-12(20)7-9-13)17(26)11-28-19(27)18-14-4-2-3-5-15(14)22-23-18/h2-9H,10-11H2,1H3,(H,21,25)(H,22,23). The summed E-state index contributed by atoms with van der Waals surface area (Å²) in [6.45, 7) is -0.778. The Morgan fingerprint density at radius 1 is 1.14 bits per heavy atom. The number of benzene rings is 2. The van der Waals surface area contributed by atoms with E-state index in [1.54, 1.807) is 24.3 Å². The van der Waals surface area contributed by atoms with Crippen molar-refractivity contribution in [3.05, 3.63) is 60.0 Å². The number of hydrogen-bond donors (Lipinski definition) is 2. The number of aromatic amines is 1. The van der Waals surface area contributed by atoms with Gasteiger partial charge in [0.1, 0.15) is 5.82 Å². The number of halogens is 1. The van der Waals surface area contributed by atoms with Crippen LogP contribution in [0, 0.1) is 5.82 Å². The Labute approximate surface area is 159 Å². The number of esters is 1. The van der Waals surface area contributed by atoms with Gasteiger partial charge in [-0.05, 0) is 30.3 Å². The summed E-state index contributed by atoms with van der Waals surface area (Å²) in [6, 6.07) is 12.3. The molecular weight excluding hydrogens is 367 g/mol. The van der Waals surface area contributed by atoms with Gasteiger partial charge in [0.15, 0.2) is 12.3 Å². The Hall–Kier alpha value is -3.75. The lowest BCUT2D eigenvalue weighted by atomic mass is 10.2. The third-order valence-corrected chi connectivity index (χ3v) is 3.92. The van der Waals surface area contributed by atoms with Crippen molar-refractivity contribution in [2.24, 2.45) is 0 Å². The Balaban J connectivity index is 1.50. The van der Waals surface area contributed by atoms with Crippen LogP contribution in [0.2, 0.25) is 0 Å². The number of nitrogens with one attached hydrogen (secondary N) is 2. The number of rotatable bonds is 6. The molecular formula is C19H17FN4O4. The van der Waals surface area contributed by atoms with Crippen molar-refractivity contribution in [2.45, 2.75) is 0 Å². The van der Waals surface area contributed by atoms with Gasteiger partial charge in [-0.3, -0.25) is 14.7 Å². The van der Waals surface area contributed by atoms with Gasteiger partial charge in [-0.1, -0.05) is 18.2 Å². The fourth-order valence-electron chi connectivity index (χ4n) is 2.46. The van der Waals surface area contributed by atoms with E-state index >= 15 is 0 Å². The SMILES string of the molecule is CN(CC(=O)Nc1ccc(F)cc1)C(=O)COC(=O)c1n[nH]c2ccccc12. The molecule has 0 aliphatic heterocycles. The van der Waals surface area contributed by atoms with Crippen molar-refractivity contribution < 1.29 is 23.5 Å². The summed E-state index contributed by atoms with van der Waals surface area (Å²) in [4.78, 5) is 37.3. The highest BCUT2D eigenvalue weighted by Gasteiger charge is 2.19. The molecule has 0 unspecified atom stereocenters. The Bertz CT molecular complexity index is 1020. The number of likely N-dealkylation sites (N-methyl/N-ethyl adjacent to an activating group) is 1. The van der Waals surface area contributed by atoms with Crippen LogP contribution in [0.1, 0.15) is 10.5 Å². The summed E-state index contributed by atoms with van der Waals surface area (Å²) in [7, 11) is 1.41. The maximum atomic E-state index is 12.9. The molecule has 2 aromatic carbocycles. The second kappa shape index (κ2) is 8.30. The molecule has 0 fully saturated rings. The molecule has 0 aliphatic carbocycles. The molecule has 8 nitrogen and oxygen atoms in total. The molecule has 0 saturated heterocycles. The molecule has 0 radical (unpaired) electrons. The van der Waals surface area contributed by atoms with Gasteiger partial charge in [0.2, 0.25) is 5.91 Å². The normalized spacial score (nSPS) is 10.5. The van der Waals surface area contributed by atoms with Crippen molar-refractivity contribution in [3.63, 3.8) is 0 Å². The van der Waals surface area contributed by atoms with Crippen LogP contribution in [0.25, 0.3) is 10.9 Å². The molecule has 2 amide bonds. The van der Waals surface area contributed by atoms with E-state index in [-0.39, 0.29) is 12.2 Å². The van der Waals surface area contributed by atoms with Crippen molar-refractivity contribution >= 4 is 34.4 Å². The predicted octanol–water partition coefficient (Wildman–Crippen LogP) is 1.96. The second-order valence-corrected chi connectivity index (χ2v) is 6.00. The van der Waals surface area contributed by atoms with Gasteiger partial charge in [0, 0.05) is 18.1 Å². The van der Waals surface area contributed by atoms with Crippen LogP contribution < -0.4 is 5.32 Å². The second-order valence-electron chi connectivity index (χ2n) is 6.00. The zero-order chi connectivity index (χ0) is 20.1. The van der Waals surface area contributed by atoms with E-state index in [1.807, 2.05) is 0 Å². The Kier molecular flexibility index (Phi) is 5.64. The number of hydrogen-bond acceptors (Lipinski definition) is 5. The van der Waals surface area contributed by atoms with E-state index < -0.39 is 30.2 Å². The summed E-state index contributed by atoms with van der Waals surface area (Å²) >= 11 is 0. The van der Waals surface area contributed by atoms with Crippen LogP contribution in [-0.4, -0.2) is 53.1 Å². The number of H-pyrrole nitrogens is 1. The molecule has 0 aliphatic rings. The van der Waals surface area contributed by atoms with Crippen molar-refractivity contribution in [1.29, 1.82) is 0 Å². The van der Waals surface area contributed by atoms with E-state index in [0.29, 0.717) is 16.6 Å². The molecule has 1 aromatic heterocycles. The smallest absolute Gasteiger partial charge is 0.359 e. The number of carbonyl (C=O) groups is 3. The molecule has 1 heterocycles. The first kappa shape index (κ1) is 19.0. The van der Waals surface area contributed by atoms with Crippen LogP contribution in [0.15, 0.2) is 48.5 Å². The maximum absolute atomic E-state index is 12.9. The monoisotopic (exact) mass is 384 g/mol. The van der Waals surface area contributed by atoms with Crippen LogP contribution in [-0.2, 0) is 14.3 Å². The number of anilines is 1. The van der Waals surface area contributed by atoms with E-state index in [4.69, 9.17) is 4.74 Å². The molecule has 3 aromatic rings. The third kappa shape index (κ3) is 4.50. The van der Waals surface area contributed by atoms with Crippen molar-refractivity contribution in [2.75, 3.05) is 25.5 Å². The average Bonchev–Trinajstić information content (AvgIpc) is 3.11. The van der Waals surface area contributed by atoms with E-state index in [1.165, 1.54) is 31.3 Å². The van der Waals surface area contributed by atoms with E-state index in [9.17, 15) is 18.8 Å². The number of aromatic nitrogens is 2. The molecule has 144 valence electrons. The van der Waals surface area contributed by atoms with Gasteiger partial charge in [-0.15, -0.1) is 0 Å². The summed E-state index contributed by atoms with van der Waals surface area (Å²) < 4.78 is 17.9. The minimum absolute atomic E-state index is 0.0834. The fourth-order valence-corrected chi connectivity index (χ4v) is 2.46. The highest BCUT2D eigenvalue weighted by atomic mass is 19.1. The van der Waals surface area contributed by atoms with Crippen LogP contribution in [0.5, 0.6) is 0 Å². The first-order chi connectivity index (χ1) is 13.4. The number of carbonyl (C=O) groups excluding carboxylic acids is 3. The molecule has 0 saturated carbocycles. The lowest BCUT2D eigenvalue weighted by Gasteiger charge is -2.16. The van der Waals surface area contributed by atoms with Gasteiger partial charge in [-0.2, -0.15) is 5.10 Å². The van der Waals surface area contributed by atoms with Gasteiger partial charge in [0.25, 0.3) is 5.91 Å². The Morgan fingerprint density at radius 2 is 1.86 bits per heavy atom. The summed E-state index contributed by atoms with van der Waals surface area (Å²) in [5, 5.41) is 9.74. The van der Waals surface area contributed by atoms with Crippen LogP contribution in [0.4, 0.5) is 10.1 Å². The van der Waals surface area contributed by atoms with E-state index in [0.717, 1.165) is 4.90 Å². The summed E-state index contributed by atoms with van der Waals surface area (Å²) in [5.74, 6) is -2.18. The van der Waals surface area contributed by atoms with Gasteiger partial charge < -0.3 is 15.0 Å². The minimum atomic E-state index is -0.741. The predicted molar refractivity (Wildman–Crippen MR) is 99.0 cm³/mol. The van der Waals surface area contributed by atoms with Crippen molar-refractivity contribution in [3.8, 4) is 0 Å². The average molecular weight is 384 g/mol. The zero-order valence-corrected chi connectivity index (χ0v) is 14.9. The van der Waals surface area contributed by atoms with Gasteiger partial charge in [-0.25, -0.2) is 9.18 Å². The Morgan fingerprint density at radius 3 is 2.61 bits per heavy atom. The van der Waals surface area contributed by atoms with Crippen LogP contribution >= 0.6 is 0 Å². The number of para-hydroxylation sites is 1. The van der Waals surface area contributed by atoms with Gasteiger partial charge >= 0.3 is 5.97 Å². The molecule has 2 N–H and O–H groups in total. The van der Waals surface area contributed by atoms with Crippen molar-refractivity contribution in [1.82, 2.24) is 15.1 Å². The first-order valence-electron chi connectivity index (χ1n) is 8.33. The highest BCUT2D eigenvalue weighted by molar-refractivity contribution is 6.02. The van der Waals surface area contributed by atoms with Crippen LogP contribution in [0.3, 0.4) is 0 Å². The first-order valence-corrected chi connectivity index (χ1v) is 8.33. The van der Waals surface area contributed by atoms with E-state index in [2.05, 4.69) is 15.5 Å². The molecule has 0 atom stereocenters. The molecule has 0 bridgehead atoms. The zero-order valence-electron chi connectivity index (χ0n) is 14.9. The quantitative estimate of drug-likeness (QED) is 0.632. The molecule has 0 spiro atoms. The lowest BCUT2D eigenvalue weighted by molar-refractivity contribution is -0.136. The topological polar surface area (TPSA) is 104 Å². The number of nitrogens with zero attached hydrogens (tertiary/aromatic N) is 2. The molecule has 3 rings (SSSR count). The third-order valence-electron chi connectivity index (χ3n) is 3.92. The number of ether oxygens (including phenoxy) is 1. The largest absolute Gasteiger partial charge is 0.451 e. The maximum Gasteiger partial charge on any atom is 0.359 e. The number of amides is 2. The minimum Gasteiger partial charge on any atom is -0.451 e. The molecule has 28 heavy (non-hydrogen) atoms. The lowest BCUT2D eigenvalue weighted by Crippen LogP contribution is -2.37. The summed E-state index contributed by atoms with van der Waals surface area (Å²) in [5.41, 5.74) is 1.17. The highest BCUT2D eigenvalue weighted by Crippen LogP contribution is 2.15. The molecule has 9 heteroatoms. The summed E-state index contributed by atoms with van der Waals surface area (Å²) in [6.07, 6.45) is 0. The van der Waals surface area contributed by atoms with Gasteiger partial charge in [0.05, 0.1) is 12.1 Å². The fraction of sp³-hybridized carbons (Fsp3) is 0.158.